The zero-order valence-electron chi connectivity index (χ0n) is 12.1. The summed E-state index contributed by atoms with van der Waals surface area (Å²) in [6, 6.07) is 2.04. The molecule has 3 rings (SSSR count). The summed E-state index contributed by atoms with van der Waals surface area (Å²) in [6.07, 6.45) is 4.31. The number of aromatic nitrogens is 6. The number of pyridine rings is 1. The highest BCUT2D eigenvalue weighted by Gasteiger charge is 2.14. The number of alkyl halides is 1. The fraction of sp³-hybridized carbons (Fsp3) is 0.429. The van der Waals surface area contributed by atoms with Crippen LogP contribution in [0.4, 0.5) is 0 Å². The van der Waals surface area contributed by atoms with Gasteiger partial charge in [-0.1, -0.05) is 0 Å². The quantitative estimate of drug-likeness (QED) is 0.678. The molecule has 0 aliphatic heterocycles. The number of nitrogens with zero attached hydrogens (tertiary/aromatic N) is 6. The fourth-order valence-corrected chi connectivity index (χ4v) is 2.58. The highest BCUT2D eigenvalue weighted by atomic mass is 35.5. The van der Waals surface area contributed by atoms with E-state index in [2.05, 4.69) is 31.7 Å². The molecule has 0 saturated heterocycles. The third kappa shape index (κ3) is 2.63. The van der Waals surface area contributed by atoms with Crippen LogP contribution in [0.1, 0.15) is 24.1 Å². The predicted octanol–water partition coefficient (Wildman–Crippen LogP) is 2.18. The third-order valence-corrected chi connectivity index (χ3v) is 3.64. The van der Waals surface area contributed by atoms with Crippen LogP contribution in [0.3, 0.4) is 0 Å². The van der Waals surface area contributed by atoms with Crippen molar-refractivity contribution >= 4 is 22.8 Å². The number of rotatable bonds is 5. The molecule has 3 aromatic heterocycles. The second-order valence-corrected chi connectivity index (χ2v) is 5.32. The van der Waals surface area contributed by atoms with Gasteiger partial charge in [-0.05, 0) is 25.5 Å². The molecule has 0 aromatic carbocycles. The molecule has 21 heavy (non-hydrogen) atoms. The first kappa shape index (κ1) is 14.0. The molecule has 0 saturated carbocycles. The maximum Gasteiger partial charge on any atom is 0.160 e. The summed E-state index contributed by atoms with van der Waals surface area (Å²) in [6.45, 7) is 5.53. The first-order valence-corrected chi connectivity index (χ1v) is 7.50. The molecule has 110 valence electrons. The van der Waals surface area contributed by atoms with Gasteiger partial charge in [0, 0.05) is 25.0 Å². The smallest absolute Gasteiger partial charge is 0.160 e. The number of fused-ring (bicyclic) bond motifs is 1. The van der Waals surface area contributed by atoms with Gasteiger partial charge in [-0.15, -0.1) is 21.8 Å². The van der Waals surface area contributed by atoms with Crippen molar-refractivity contribution in [2.45, 2.75) is 33.4 Å². The lowest BCUT2D eigenvalue weighted by molar-refractivity contribution is 0.640. The maximum absolute atomic E-state index is 5.90. The molecule has 0 unspecified atom stereocenters. The number of halogens is 1. The summed E-state index contributed by atoms with van der Waals surface area (Å²) >= 11 is 5.90. The van der Waals surface area contributed by atoms with E-state index in [1.807, 2.05) is 23.8 Å². The Morgan fingerprint density at radius 2 is 2.14 bits per heavy atom. The lowest BCUT2D eigenvalue weighted by Crippen LogP contribution is -2.11. The Labute approximate surface area is 127 Å². The van der Waals surface area contributed by atoms with Crippen molar-refractivity contribution in [2.75, 3.05) is 5.88 Å². The topological polar surface area (TPSA) is 61.4 Å². The van der Waals surface area contributed by atoms with Gasteiger partial charge in [-0.3, -0.25) is 0 Å². The van der Waals surface area contributed by atoms with Crippen LogP contribution in [-0.2, 0) is 19.5 Å². The zero-order valence-corrected chi connectivity index (χ0v) is 12.9. The summed E-state index contributed by atoms with van der Waals surface area (Å²) in [4.78, 5) is 9.18. The Hall–Kier alpha value is -1.95. The van der Waals surface area contributed by atoms with E-state index in [0.29, 0.717) is 18.8 Å². The van der Waals surface area contributed by atoms with Gasteiger partial charge in [-0.25, -0.2) is 9.97 Å². The maximum atomic E-state index is 5.90. The highest BCUT2D eigenvalue weighted by Crippen LogP contribution is 2.17. The molecule has 0 spiro atoms. The monoisotopic (exact) mass is 304 g/mol. The van der Waals surface area contributed by atoms with E-state index in [1.165, 1.54) is 0 Å². The largest absolute Gasteiger partial charge is 0.316 e. The zero-order chi connectivity index (χ0) is 14.8. The van der Waals surface area contributed by atoms with E-state index in [0.717, 1.165) is 34.9 Å². The molecule has 3 aromatic rings. The van der Waals surface area contributed by atoms with Gasteiger partial charge in [0.1, 0.15) is 17.7 Å². The van der Waals surface area contributed by atoms with Gasteiger partial charge in [0.25, 0.3) is 0 Å². The molecule has 0 atom stereocenters. The first-order valence-electron chi connectivity index (χ1n) is 6.97. The van der Waals surface area contributed by atoms with Gasteiger partial charge in [0.05, 0.1) is 6.54 Å². The molecule has 0 radical (unpaired) electrons. The third-order valence-electron chi connectivity index (χ3n) is 3.45. The number of aryl methyl sites for hydroxylation is 3. The van der Waals surface area contributed by atoms with Gasteiger partial charge < -0.3 is 9.13 Å². The molecule has 0 fully saturated rings. The van der Waals surface area contributed by atoms with Crippen LogP contribution in [0.2, 0.25) is 0 Å². The summed E-state index contributed by atoms with van der Waals surface area (Å²) in [5.41, 5.74) is 2.87. The molecule has 0 N–H and O–H groups in total. The highest BCUT2D eigenvalue weighted by molar-refractivity contribution is 6.17. The van der Waals surface area contributed by atoms with Crippen LogP contribution in [-0.4, -0.2) is 35.2 Å². The molecule has 7 heteroatoms. The van der Waals surface area contributed by atoms with Crippen molar-refractivity contribution < 1.29 is 0 Å². The van der Waals surface area contributed by atoms with Crippen molar-refractivity contribution in [1.29, 1.82) is 0 Å². The predicted molar refractivity (Wildman–Crippen MR) is 81.5 cm³/mol. The van der Waals surface area contributed by atoms with Crippen molar-refractivity contribution in [3.05, 3.63) is 35.8 Å². The number of hydrogen-bond acceptors (Lipinski definition) is 4. The minimum absolute atomic E-state index is 0.531. The SMILES string of the molecule is CCn1cnnc1Cn1c(CCCl)nc2cc(C)cnc21. The minimum Gasteiger partial charge on any atom is -0.316 e. The number of imidazole rings is 1. The van der Waals surface area contributed by atoms with E-state index in [-0.39, 0.29) is 0 Å². The lowest BCUT2D eigenvalue weighted by Gasteiger charge is -2.08. The molecule has 0 aliphatic rings. The minimum atomic E-state index is 0.531. The normalized spacial score (nSPS) is 11.4. The van der Waals surface area contributed by atoms with Gasteiger partial charge in [0.2, 0.25) is 0 Å². The van der Waals surface area contributed by atoms with Crippen LogP contribution in [0, 0.1) is 6.92 Å². The fourth-order valence-electron chi connectivity index (χ4n) is 2.41. The Bertz CT molecular complexity index is 760. The molecular formula is C14H17ClN6. The standard InChI is InChI=1S/C14H17ClN6/c1-3-20-9-17-19-13(20)8-21-12(4-5-15)18-11-6-10(2)7-16-14(11)21/h6-7,9H,3-5,8H2,1-2H3. The van der Waals surface area contributed by atoms with Crippen molar-refractivity contribution in [1.82, 2.24) is 29.3 Å². The average Bonchev–Trinajstić information content (AvgIpc) is 3.04. The van der Waals surface area contributed by atoms with E-state index in [9.17, 15) is 0 Å². The average molecular weight is 305 g/mol. The van der Waals surface area contributed by atoms with Crippen molar-refractivity contribution in [2.24, 2.45) is 0 Å². The van der Waals surface area contributed by atoms with E-state index in [4.69, 9.17) is 11.6 Å². The summed E-state index contributed by atoms with van der Waals surface area (Å²) in [7, 11) is 0. The van der Waals surface area contributed by atoms with Gasteiger partial charge in [0.15, 0.2) is 11.5 Å². The Balaban J connectivity index is 2.08. The molecular weight excluding hydrogens is 288 g/mol. The summed E-state index contributed by atoms with van der Waals surface area (Å²) in [5, 5.41) is 8.17. The van der Waals surface area contributed by atoms with Crippen LogP contribution in [0.5, 0.6) is 0 Å². The first-order chi connectivity index (χ1) is 10.2. The van der Waals surface area contributed by atoms with E-state index >= 15 is 0 Å². The van der Waals surface area contributed by atoms with Crippen LogP contribution < -0.4 is 0 Å². The second-order valence-electron chi connectivity index (χ2n) is 4.94. The Kier molecular flexibility index (Phi) is 3.88. The molecule has 0 aliphatic carbocycles. The van der Waals surface area contributed by atoms with Crippen LogP contribution in [0.15, 0.2) is 18.6 Å². The van der Waals surface area contributed by atoms with Crippen molar-refractivity contribution in [3.63, 3.8) is 0 Å². The van der Waals surface area contributed by atoms with Gasteiger partial charge in [-0.2, -0.15) is 0 Å². The molecule has 3 heterocycles. The Morgan fingerprint density at radius 3 is 2.90 bits per heavy atom. The molecule has 0 bridgehead atoms. The number of hydrogen-bond donors (Lipinski definition) is 0. The van der Waals surface area contributed by atoms with Crippen LogP contribution >= 0.6 is 11.6 Å². The van der Waals surface area contributed by atoms with Crippen molar-refractivity contribution in [3.8, 4) is 0 Å². The second kappa shape index (κ2) is 5.81. The molecule has 6 nitrogen and oxygen atoms in total. The lowest BCUT2D eigenvalue weighted by atomic mass is 10.3. The van der Waals surface area contributed by atoms with Gasteiger partial charge >= 0.3 is 0 Å². The Morgan fingerprint density at radius 1 is 1.29 bits per heavy atom. The van der Waals surface area contributed by atoms with E-state index < -0.39 is 0 Å². The molecule has 0 amide bonds. The van der Waals surface area contributed by atoms with Crippen LogP contribution in [0.25, 0.3) is 11.2 Å². The summed E-state index contributed by atoms with van der Waals surface area (Å²) < 4.78 is 4.10. The van der Waals surface area contributed by atoms with E-state index in [1.54, 1.807) is 6.33 Å². The summed E-state index contributed by atoms with van der Waals surface area (Å²) in [5.74, 6) is 2.36.